The zero-order chi connectivity index (χ0) is 20.0. The van der Waals surface area contributed by atoms with Crippen molar-refractivity contribution in [3.63, 3.8) is 0 Å². The van der Waals surface area contributed by atoms with Crippen LogP contribution in [0.4, 0.5) is 0 Å². The molecule has 1 saturated carbocycles. The summed E-state index contributed by atoms with van der Waals surface area (Å²) >= 11 is 0. The summed E-state index contributed by atoms with van der Waals surface area (Å²) in [5.41, 5.74) is 0.537. The Morgan fingerprint density at radius 1 is 1.37 bits per heavy atom. The average Bonchev–Trinajstić information content (AvgIpc) is 2.94. The molecule has 4 atom stereocenters. The van der Waals surface area contributed by atoms with Crippen molar-refractivity contribution < 1.29 is 15.0 Å². The standard InChI is InChI=1S/C22H34N2O3/c1-14(2)13-23-20(26)17-11-21(19-10-18(25)7-6-15(19)3)8-9-24(5)16(4)22(21,27)12-17/h6-7,10,14,16-17,25,27H,8-9,11-13H2,1-5H3,(H,23,26)/t16?,17?,21-,22-/m1/s1. The van der Waals surface area contributed by atoms with Gasteiger partial charge in [-0.25, -0.2) is 0 Å². The number of aromatic hydroxyl groups is 1. The number of phenols is 1. The number of likely N-dealkylation sites (N-methyl/N-ethyl adjacent to an activating group) is 1. The Labute approximate surface area is 162 Å². The third-order valence-electron chi connectivity index (χ3n) is 7.02. The van der Waals surface area contributed by atoms with Crippen molar-refractivity contribution >= 4 is 5.91 Å². The SMILES string of the molecule is Cc1ccc(O)cc1[C@]12CCN(C)C(C)[C@]1(O)CC(C(=O)NCC(C)C)C2. The molecule has 2 aliphatic rings. The summed E-state index contributed by atoms with van der Waals surface area (Å²) in [6.07, 6.45) is 1.86. The fraction of sp³-hybridized carbons (Fsp3) is 0.682. The van der Waals surface area contributed by atoms with Crippen LogP contribution in [0.15, 0.2) is 18.2 Å². The van der Waals surface area contributed by atoms with Crippen LogP contribution in [0.5, 0.6) is 5.75 Å². The van der Waals surface area contributed by atoms with Gasteiger partial charge < -0.3 is 20.4 Å². The Balaban J connectivity index is 2.03. The second-order valence-electron chi connectivity index (χ2n) is 9.16. The van der Waals surface area contributed by atoms with E-state index in [4.69, 9.17) is 0 Å². The van der Waals surface area contributed by atoms with Crippen molar-refractivity contribution in [2.45, 2.75) is 64.0 Å². The molecule has 0 aromatic heterocycles. The first-order chi connectivity index (χ1) is 12.6. The summed E-state index contributed by atoms with van der Waals surface area (Å²) in [7, 11) is 2.04. The molecule has 0 radical (unpaired) electrons. The third-order valence-corrected chi connectivity index (χ3v) is 7.02. The van der Waals surface area contributed by atoms with E-state index in [0.717, 1.165) is 24.1 Å². The van der Waals surface area contributed by atoms with Crippen LogP contribution in [0.25, 0.3) is 0 Å². The topological polar surface area (TPSA) is 72.8 Å². The summed E-state index contributed by atoms with van der Waals surface area (Å²) in [4.78, 5) is 15.0. The Morgan fingerprint density at radius 2 is 2.07 bits per heavy atom. The molecular weight excluding hydrogens is 340 g/mol. The van der Waals surface area contributed by atoms with Crippen molar-refractivity contribution in [3.05, 3.63) is 29.3 Å². The lowest BCUT2D eigenvalue weighted by molar-refractivity contribution is -0.127. The van der Waals surface area contributed by atoms with Gasteiger partial charge in [-0.1, -0.05) is 19.9 Å². The lowest BCUT2D eigenvalue weighted by Crippen LogP contribution is -2.64. The average molecular weight is 375 g/mol. The molecule has 3 rings (SSSR count). The van der Waals surface area contributed by atoms with Crippen LogP contribution in [-0.4, -0.2) is 52.8 Å². The maximum absolute atomic E-state index is 12.9. The number of fused-ring (bicyclic) bond motifs is 1. The molecule has 1 saturated heterocycles. The number of nitrogens with one attached hydrogen (secondary N) is 1. The molecule has 2 fully saturated rings. The van der Waals surface area contributed by atoms with Crippen LogP contribution in [-0.2, 0) is 10.2 Å². The maximum atomic E-state index is 12.9. The summed E-state index contributed by atoms with van der Waals surface area (Å²) in [6, 6.07) is 5.34. The van der Waals surface area contributed by atoms with Gasteiger partial charge in [0.05, 0.1) is 5.60 Å². The number of likely N-dealkylation sites (tertiary alicyclic amines) is 1. The molecule has 27 heavy (non-hydrogen) atoms. The number of nitrogens with zero attached hydrogens (tertiary/aromatic N) is 1. The second-order valence-corrected chi connectivity index (χ2v) is 9.16. The summed E-state index contributed by atoms with van der Waals surface area (Å²) in [6.45, 7) is 9.76. The van der Waals surface area contributed by atoms with Crippen molar-refractivity contribution in [1.29, 1.82) is 0 Å². The molecule has 0 spiro atoms. The number of benzene rings is 1. The first-order valence-electron chi connectivity index (χ1n) is 10.1. The van der Waals surface area contributed by atoms with E-state index in [1.54, 1.807) is 12.1 Å². The minimum absolute atomic E-state index is 0.0403. The predicted octanol–water partition coefficient (Wildman–Crippen LogP) is 2.58. The molecule has 1 aromatic carbocycles. The Kier molecular flexibility index (Phi) is 5.30. The van der Waals surface area contributed by atoms with Crippen molar-refractivity contribution in [3.8, 4) is 5.75 Å². The number of amides is 1. The first kappa shape index (κ1) is 20.2. The van der Waals surface area contributed by atoms with E-state index < -0.39 is 11.0 Å². The molecule has 5 heteroatoms. The zero-order valence-corrected chi connectivity index (χ0v) is 17.2. The van der Waals surface area contributed by atoms with E-state index in [0.29, 0.717) is 25.3 Å². The van der Waals surface area contributed by atoms with Gasteiger partial charge in [-0.3, -0.25) is 4.79 Å². The van der Waals surface area contributed by atoms with Crippen LogP contribution in [0.1, 0.15) is 51.2 Å². The van der Waals surface area contributed by atoms with Crippen LogP contribution in [0.3, 0.4) is 0 Å². The molecule has 1 aliphatic heterocycles. The molecule has 2 unspecified atom stereocenters. The summed E-state index contributed by atoms with van der Waals surface area (Å²) in [5, 5.41) is 25.2. The molecule has 1 heterocycles. The van der Waals surface area contributed by atoms with Gasteiger partial charge >= 0.3 is 0 Å². The van der Waals surface area contributed by atoms with Crippen molar-refractivity contribution in [2.24, 2.45) is 11.8 Å². The number of piperidine rings is 1. The second kappa shape index (κ2) is 7.10. The Hall–Kier alpha value is -1.59. The number of aryl methyl sites for hydroxylation is 1. The van der Waals surface area contributed by atoms with E-state index in [9.17, 15) is 15.0 Å². The molecule has 3 N–H and O–H groups in total. The van der Waals surface area contributed by atoms with Gasteiger partial charge in [0.15, 0.2) is 0 Å². The highest BCUT2D eigenvalue weighted by molar-refractivity contribution is 5.80. The van der Waals surface area contributed by atoms with Gasteiger partial charge in [-0.15, -0.1) is 0 Å². The van der Waals surface area contributed by atoms with Crippen LogP contribution in [0, 0.1) is 18.8 Å². The highest BCUT2D eigenvalue weighted by atomic mass is 16.3. The van der Waals surface area contributed by atoms with Crippen molar-refractivity contribution in [1.82, 2.24) is 10.2 Å². The fourth-order valence-corrected chi connectivity index (χ4v) is 5.29. The maximum Gasteiger partial charge on any atom is 0.223 e. The largest absolute Gasteiger partial charge is 0.508 e. The molecule has 1 aliphatic carbocycles. The van der Waals surface area contributed by atoms with Crippen molar-refractivity contribution in [2.75, 3.05) is 20.1 Å². The minimum atomic E-state index is -1.00. The number of phenolic OH excluding ortho intramolecular Hbond substituents is 1. The van der Waals surface area contributed by atoms with Gasteiger partial charge in [0.1, 0.15) is 5.75 Å². The van der Waals surface area contributed by atoms with Gasteiger partial charge in [0.2, 0.25) is 5.91 Å². The number of hydrogen-bond acceptors (Lipinski definition) is 4. The molecule has 1 aromatic rings. The van der Waals surface area contributed by atoms with E-state index in [2.05, 4.69) is 31.0 Å². The molecule has 5 nitrogen and oxygen atoms in total. The van der Waals surface area contributed by atoms with Gasteiger partial charge in [0.25, 0.3) is 0 Å². The smallest absolute Gasteiger partial charge is 0.223 e. The van der Waals surface area contributed by atoms with E-state index >= 15 is 0 Å². The minimum Gasteiger partial charge on any atom is -0.508 e. The van der Waals surface area contributed by atoms with E-state index in [-0.39, 0.29) is 23.6 Å². The molecule has 0 bridgehead atoms. The first-order valence-corrected chi connectivity index (χ1v) is 10.1. The third kappa shape index (κ3) is 3.25. The van der Waals surface area contributed by atoms with Gasteiger partial charge in [-0.2, -0.15) is 0 Å². The van der Waals surface area contributed by atoms with Gasteiger partial charge in [-0.05, 0) is 75.9 Å². The number of aliphatic hydroxyl groups is 1. The lowest BCUT2D eigenvalue weighted by Gasteiger charge is -2.54. The number of hydrogen-bond donors (Lipinski definition) is 3. The molecule has 150 valence electrons. The molecule has 1 amide bonds. The molecular formula is C22H34N2O3. The van der Waals surface area contributed by atoms with E-state index in [1.165, 1.54) is 0 Å². The monoisotopic (exact) mass is 374 g/mol. The number of rotatable bonds is 4. The lowest BCUT2D eigenvalue weighted by atomic mass is 9.61. The van der Waals surface area contributed by atoms with Crippen LogP contribution >= 0.6 is 0 Å². The highest BCUT2D eigenvalue weighted by Crippen LogP contribution is 2.58. The quantitative estimate of drug-likeness (QED) is 0.757. The van der Waals surface area contributed by atoms with Crippen LogP contribution < -0.4 is 5.32 Å². The highest BCUT2D eigenvalue weighted by Gasteiger charge is 2.64. The summed E-state index contributed by atoms with van der Waals surface area (Å²) in [5.74, 6) is 0.433. The van der Waals surface area contributed by atoms with Crippen LogP contribution in [0.2, 0.25) is 0 Å². The predicted molar refractivity (Wildman–Crippen MR) is 107 cm³/mol. The normalized spacial score (nSPS) is 33.9. The zero-order valence-electron chi connectivity index (χ0n) is 17.2. The fourth-order valence-electron chi connectivity index (χ4n) is 5.29. The Morgan fingerprint density at radius 3 is 2.74 bits per heavy atom. The summed E-state index contributed by atoms with van der Waals surface area (Å²) < 4.78 is 0. The number of carbonyl (C=O) groups is 1. The Bertz CT molecular complexity index is 720. The van der Waals surface area contributed by atoms with Gasteiger partial charge in [0, 0.05) is 23.9 Å². The number of carbonyl (C=O) groups excluding carboxylic acids is 1. The van der Waals surface area contributed by atoms with E-state index in [1.807, 2.05) is 20.0 Å².